The topological polar surface area (TPSA) is 55.4 Å². The zero-order chi connectivity index (χ0) is 17.4. The lowest BCUT2D eigenvalue weighted by molar-refractivity contribution is -0.148. The van der Waals surface area contributed by atoms with E-state index in [0.717, 1.165) is 17.5 Å². The smallest absolute Gasteiger partial charge is 0.331 e. The van der Waals surface area contributed by atoms with Crippen LogP contribution in [0.1, 0.15) is 20.3 Å². The lowest BCUT2D eigenvalue weighted by Gasteiger charge is -2.15. The van der Waals surface area contributed by atoms with E-state index in [1.165, 1.54) is 6.08 Å². The van der Waals surface area contributed by atoms with Crippen molar-refractivity contribution in [2.24, 2.45) is 0 Å². The van der Waals surface area contributed by atoms with Gasteiger partial charge in [0, 0.05) is 17.3 Å². The van der Waals surface area contributed by atoms with Gasteiger partial charge in [-0.15, -0.1) is 0 Å². The average molecular weight is 323 g/mol. The minimum absolute atomic E-state index is 0.364. The van der Waals surface area contributed by atoms with Crippen LogP contribution in [0.5, 0.6) is 0 Å². The van der Waals surface area contributed by atoms with Gasteiger partial charge in [-0.25, -0.2) is 4.79 Å². The van der Waals surface area contributed by atoms with E-state index in [2.05, 4.69) is 5.32 Å². The van der Waals surface area contributed by atoms with Crippen LogP contribution in [0.25, 0.3) is 11.1 Å². The molecular weight excluding hydrogens is 302 g/mol. The van der Waals surface area contributed by atoms with E-state index in [9.17, 15) is 9.59 Å². The number of hydrogen-bond donors (Lipinski definition) is 1. The summed E-state index contributed by atoms with van der Waals surface area (Å²) < 4.78 is 5.09. The van der Waals surface area contributed by atoms with E-state index in [4.69, 9.17) is 4.74 Å². The number of esters is 1. The fourth-order valence-electron chi connectivity index (χ4n) is 2.18. The fourth-order valence-corrected chi connectivity index (χ4v) is 2.18. The van der Waals surface area contributed by atoms with Crippen molar-refractivity contribution in [1.82, 2.24) is 0 Å². The molecule has 2 aromatic carbocycles. The highest BCUT2D eigenvalue weighted by atomic mass is 16.5. The number of carbonyl (C=O) groups excluding carboxylic acids is 2. The van der Waals surface area contributed by atoms with Crippen LogP contribution in [0, 0.1) is 0 Å². The molecule has 4 heteroatoms. The molecule has 24 heavy (non-hydrogen) atoms. The second-order valence-corrected chi connectivity index (χ2v) is 5.29. The van der Waals surface area contributed by atoms with Crippen LogP contribution in [-0.4, -0.2) is 18.0 Å². The van der Waals surface area contributed by atoms with Crippen LogP contribution in [0.4, 0.5) is 5.69 Å². The van der Waals surface area contributed by atoms with Crippen molar-refractivity contribution in [3.8, 4) is 11.1 Å². The highest BCUT2D eigenvalue weighted by Gasteiger charge is 2.18. The van der Waals surface area contributed by atoms with Gasteiger partial charge in [-0.05, 0) is 25.0 Å². The van der Waals surface area contributed by atoms with Gasteiger partial charge in [0.05, 0.1) is 0 Å². The molecule has 0 aliphatic rings. The summed E-state index contributed by atoms with van der Waals surface area (Å²) in [5, 5.41) is 2.83. The molecule has 0 saturated carbocycles. The highest BCUT2D eigenvalue weighted by Crippen LogP contribution is 2.27. The van der Waals surface area contributed by atoms with Crippen molar-refractivity contribution in [1.29, 1.82) is 0 Å². The standard InChI is InChI=1S/C20H21NO3/c1-3-4-14-19(22)24-15(2)20(23)21-18-13-9-8-12-17(18)16-10-6-5-7-11-16/h4-15H,3H2,1-2H3,(H,21,23)/b14-4+/t15-/m1/s1. The Morgan fingerprint density at radius 1 is 1.08 bits per heavy atom. The van der Waals surface area contributed by atoms with Crippen molar-refractivity contribution in [2.75, 3.05) is 5.32 Å². The molecule has 0 aliphatic carbocycles. The number of nitrogens with one attached hydrogen (secondary N) is 1. The molecule has 0 radical (unpaired) electrons. The van der Waals surface area contributed by atoms with E-state index in [-0.39, 0.29) is 5.91 Å². The number of ether oxygens (including phenoxy) is 1. The van der Waals surface area contributed by atoms with Crippen LogP contribution in [0.3, 0.4) is 0 Å². The van der Waals surface area contributed by atoms with Crippen LogP contribution in [0.15, 0.2) is 66.7 Å². The molecule has 4 nitrogen and oxygen atoms in total. The number of hydrogen-bond acceptors (Lipinski definition) is 3. The molecule has 0 spiro atoms. The minimum Gasteiger partial charge on any atom is -0.449 e. The molecule has 0 saturated heterocycles. The van der Waals surface area contributed by atoms with Crippen LogP contribution >= 0.6 is 0 Å². The Kier molecular flexibility index (Phi) is 6.32. The van der Waals surface area contributed by atoms with Gasteiger partial charge in [-0.1, -0.05) is 61.5 Å². The fraction of sp³-hybridized carbons (Fsp3) is 0.200. The van der Waals surface area contributed by atoms with Crippen molar-refractivity contribution >= 4 is 17.6 Å². The van der Waals surface area contributed by atoms with Crippen LogP contribution in [0.2, 0.25) is 0 Å². The zero-order valence-corrected chi connectivity index (χ0v) is 13.9. The largest absolute Gasteiger partial charge is 0.449 e. The highest BCUT2D eigenvalue weighted by molar-refractivity contribution is 5.99. The Morgan fingerprint density at radius 2 is 1.75 bits per heavy atom. The van der Waals surface area contributed by atoms with Gasteiger partial charge in [-0.2, -0.15) is 0 Å². The lowest BCUT2D eigenvalue weighted by Crippen LogP contribution is -2.29. The third-order valence-electron chi connectivity index (χ3n) is 3.42. The molecular formula is C20H21NO3. The second kappa shape index (κ2) is 8.67. The number of carbonyl (C=O) groups is 2. The summed E-state index contributed by atoms with van der Waals surface area (Å²) in [6.07, 6.45) is 2.89. The summed E-state index contributed by atoms with van der Waals surface area (Å²) in [4.78, 5) is 23.9. The molecule has 124 valence electrons. The maximum atomic E-state index is 12.3. The molecule has 2 aromatic rings. The van der Waals surface area contributed by atoms with Crippen molar-refractivity contribution in [2.45, 2.75) is 26.4 Å². The second-order valence-electron chi connectivity index (χ2n) is 5.29. The first-order chi connectivity index (χ1) is 11.6. The third-order valence-corrected chi connectivity index (χ3v) is 3.42. The molecule has 0 aliphatic heterocycles. The summed E-state index contributed by atoms with van der Waals surface area (Å²) in [6.45, 7) is 3.47. The van der Waals surface area contributed by atoms with Gasteiger partial charge in [0.25, 0.3) is 5.91 Å². The molecule has 0 unspecified atom stereocenters. The quantitative estimate of drug-likeness (QED) is 0.640. The van der Waals surface area contributed by atoms with Crippen LogP contribution in [-0.2, 0) is 14.3 Å². The molecule has 2 rings (SSSR count). The number of rotatable bonds is 6. The zero-order valence-electron chi connectivity index (χ0n) is 13.9. The Labute approximate surface area is 142 Å². The monoisotopic (exact) mass is 323 g/mol. The lowest BCUT2D eigenvalue weighted by atomic mass is 10.0. The summed E-state index contributed by atoms with van der Waals surface area (Å²) >= 11 is 0. The first kappa shape index (κ1) is 17.5. The Bertz CT molecular complexity index is 723. The SMILES string of the molecule is CC/C=C/C(=O)O[C@H](C)C(=O)Nc1ccccc1-c1ccccc1. The average Bonchev–Trinajstić information content (AvgIpc) is 2.61. The normalized spacial score (nSPS) is 11.9. The van der Waals surface area contributed by atoms with Gasteiger partial charge in [-0.3, -0.25) is 4.79 Å². The summed E-state index contributed by atoms with van der Waals surface area (Å²) in [7, 11) is 0. The number of anilines is 1. The van der Waals surface area contributed by atoms with E-state index >= 15 is 0 Å². The molecule has 0 bridgehead atoms. The number of amides is 1. The Balaban J connectivity index is 2.10. The minimum atomic E-state index is -0.872. The van der Waals surface area contributed by atoms with E-state index in [1.807, 2.05) is 61.5 Å². The number of benzene rings is 2. The Morgan fingerprint density at radius 3 is 2.46 bits per heavy atom. The first-order valence-electron chi connectivity index (χ1n) is 7.94. The maximum absolute atomic E-state index is 12.3. The van der Waals surface area contributed by atoms with E-state index < -0.39 is 12.1 Å². The van der Waals surface area contributed by atoms with Gasteiger partial charge >= 0.3 is 5.97 Å². The van der Waals surface area contributed by atoms with Crippen LogP contribution < -0.4 is 5.32 Å². The molecule has 0 aromatic heterocycles. The molecule has 1 amide bonds. The molecule has 1 atom stereocenters. The summed E-state index contributed by atoms with van der Waals surface area (Å²) in [5.74, 6) is -0.882. The third kappa shape index (κ3) is 4.81. The van der Waals surface area contributed by atoms with Crippen molar-refractivity contribution in [3.63, 3.8) is 0 Å². The van der Waals surface area contributed by atoms with E-state index in [1.54, 1.807) is 13.0 Å². The Hall–Kier alpha value is -2.88. The predicted molar refractivity (Wildman–Crippen MR) is 95.5 cm³/mol. The van der Waals surface area contributed by atoms with Gasteiger partial charge in [0.15, 0.2) is 6.10 Å². The molecule has 1 N–H and O–H groups in total. The molecule has 0 heterocycles. The van der Waals surface area contributed by atoms with Crippen molar-refractivity contribution < 1.29 is 14.3 Å². The first-order valence-corrected chi connectivity index (χ1v) is 7.94. The van der Waals surface area contributed by atoms with Gasteiger partial charge < -0.3 is 10.1 Å². The van der Waals surface area contributed by atoms with Crippen molar-refractivity contribution in [3.05, 3.63) is 66.7 Å². The summed E-state index contributed by atoms with van der Waals surface area (Å²) in [6, 6.07) is 17.3. The van der Waals surface area contributed by atoms with E-state index in [0.29, 0.717) is 5.69 Å². The summed E-state index contributed by atoms with van der Waals surface area (Å²) in [5.41, 5.74) is 2.60. The number of para-hydroxylation sites is 1. The van der Waals surface area contributed by atoms with Gasteiger partial charge in [0.1, 0.15) is 0 Å². The van der Waals surface area contributed by atoms with Gasteiger partial charge in [0.2, 0.25) is 0 Å². The number of allylic oxidation sites excluding steroid dienone is 1. The molecule has 0 fully saturated rings. The maximum Gasteiger partial charge on any atom is 0.331 e. The predicted octanol–water partition coefficient (Wildman–Crippen LogP) is 4.19.